The minimum absolute atomic E-state index is 0. The van der Waals surface area contributed by atoms with Crippen LogP contribution in [0.2, 0.25) is 0 Å². The van der Waals surface area contributed by atoms with E-state index in [0.717, 1.165) is 18.0 Å². The van der Waals surface area contributed by atoms with Gasteiger partial charge in [0.1, 0.15) is 23.8 Å². The van der Waals surface area contributed by atoms with Crippen molar-refractivity contribution in [2.75, 3.05) is 13.6 Å². The molecule has 0 atom stereocenters. The fourth-order valence-corrected chi connectivity index (χ4v) is 1.91. The molecule has 2 rings (SSSR count). The van der Waals surface area contributed by atoms with Crippen LogP contribution in [0, 0.1) is 11.6 Å². The molecule has 0 radical (unpaired) electrons. The third kappa shape index (κ3) is 5.73. The first-order chi connectivity index (χ1) is 10.6. The van der Waals surface area contributed by atoms with Crippen LogP contribution >= 0.6 is 24.0 Å². The minimum atomic E-state index is -0.443. The molecule has 1 heterocycles. The van der Waals surface area contributed by atoms with Gasteiger partial charge in [0.2, 0.25) is 0 Å². The number of hydrogen-bond acceptors (Lipinski definition) is 3. The number of nitrogens with one attached hydrogen (secondary N) is 2. The van der Waals surface area contributed by atoms with Crippen molar-refractivity contribution in [3.05, 3.63) is 47.5 Å². The highest BCUT2D eigenvalue weighted by Crippen LogP contribution is 2.09. The third-order valence-electron chi connectivity index (χ3n) is 3.14. The minimum Gasteiger partial charge on any atom is -0.356 e. The second-order valence-corrected chi connectivity index (χ2v) is 4.64. The number of rotatable bonds is 5. The van der Waals surface area contributed by atoms with Crippen LogP contribution in [-0.4, -0.2) is 34.3 Å². The van der Waals surface area contributed by atoms with Gasteiger partial charge in [-0.1, -0.05) is 0 Å². The number of aliphatic imine (C=N–C) groups is 1. The number of aromatic nitrogens is 3. The number of hydrogen-bond donors (Lipinski definition) is 2. The first-order valence-electron chi connectivity index (χ1n) is 6.81. The predicted octanol–water partition coefficient (Wildman–Crippen LogP) is 1.62. The zero-order valence-corrected chi connectivity index (χ0v) is 15.2. The molecule has 2 aromatic rings. The summed E-state index contributed by atoms with van der Waals surface area (Å²) in [5, 5.41) is 10.1. The molecule has 0 spiro atoms. The van der Waals surface area contributed by atoms with Gasteiger partial charge in [-0.3, -0.25) is 9.67 Å². The topological polar surface area (TPSA) is 67.1 Å². The predicted molar refractivity (Wildman–Crippen MR) is 94.7 cm³/mol. The molecule has 126 valence electrons. The van der Waals surface area contributed by atoms with Gasteiger partial charge >= 0.3 is 0 Å². The molecule has 1 aromatic heterocycles. The summed E-state index contributed by atoms with van der Waals surface area (Å²) in [5.74, 6) is 0.463. The van der Waals surface area contributed by atoms with E-state index in [9.17, 15) is 8.78 Å². The Labute approximate surface area is 150 Å². The lowest BCUT2D eigenvalue weighted by atomic mass is 10.1. The van der Waals surface area contributed by atoms with Crippen molar-refractivity contribution in [1.29, 1.82) is 0 Å². The lowest BCUT2D eigenvalue weighted by Gasteiger charge is -2.11. The van der Waals surface area contributed by atoms with Crippen LogP contribution in [0.5, 0.6) is 0 Å². The summed E-state index contributed by atoms with van der Waals surface area (Å²) in [6.07, 6.45) is 1.83. The van der Waals surface area contributed by atoms with Crippen LogP contribution in [0.4, 0.5) is 8.78 Å². The largest absolute Gasteiger partial charge is 0.356 e. The second-order valence-electron chi connectivity index (χ2n) is 4.64. The van der Waals surface area contributed by atoms with Crippen LogP contribution in [-0.2, 0) is 20.0 Å². The molecule has 0 fully saturated rings. The molecule has 0 aliphatic carbocycles. The lowest BCUT2D eigenvalue weighted by molar-refractivity contribution is 0.582. The van der Waals surface area contributed by atoms with E-state index in [1.165, 1.54) is 12.4 Å². The Bertz CT molecular complexity index is 658. The van der Waals surface area contributed by atoms with Gasteiger partial charge < -0.3 is 10.6 Å². The highest BCUT2D eigenvalue weighted by Gasteiger charge is 2.05. The van der Waals surface area contributed by atoms with E-state index in [4.69, 9.17) is 0 Å². The molecule has 6 nitrogen and oxygen atoms in total. The standard InChI is InChI=1S/C14H18F2N6.HI/c1-17-14(19-8-13-20-9-21-22(13)2)18-6-5-10-7-11(15)3-4-12(10)16;/h3-4,7,9H,5-6,8H2,1-2H3,(H2,17,18,19);1H. The van der Waals surface area contributed by atoms with Crippen molar-refractivity contribution in [2.24, 2.45) is 12.0 Å². The zero-order chi connectivity index (χ0) is 15.9. The maximum Gasteiger partial charge on any atom is 0.191 e. The Kier molecular flexibility index (Phi) is 7.86. The molecule has 0 unspecified atom stereocenters. The summed E-state index contributed by atoms with van der Waals surface area (Å²) in [7, 11) is 3.43. The summed E-state index contributed by atoms with van der Waals surface area (Å²) in [6.45, 7) is 0.892. The van der Waals surface area contributed by atoms with Crippen molar-refractivity contribution in [1.82, 2.24) is 25.4 Å². The lowest BCUT2D eigenvalue weighted by Crippen LogP contribution is -2.38. The SMILES string of the molecule is CN=C(NCCc1cc(F)ccc1F)NCc1ncnn1C.I. The maximum absolute atomic E-state index is 13.5. The molecule has 23 heavy (non-hydrogen) atoms. The molecule has 0 saturated heterocycles. The van der Waals surface area contributed by atoms with Gasteiger partial charge in [0.25, 0.3) is 0 Å². The average Bonchev–Trinajstić information content (AvgIpc) is 2.91. The van der Waals surface area contributed by atoms with Crippen LogP contribution in [0.1, 0.15) is 11.4 Å². The summed E-state index contributed by atoms with van der Waals surface area (Å²) < 4.78 is 28.2. The molecule has 0 bridgehead atoms. The Hall–Kier alpha value is -1.78. The molecule has 9 heteroatoms. The number of guanidine groups is 1. The van der Waals surface area contributed by atoms with Crippen molar-refractivity contribution < 1.29 is 8.78 Å². The van der Waals surface area contributed by atoms with E-state index in [1.54, 1.807) is 18.8 Å². The number of nitrogens with zero attached hydrogens (tertiary/aromatic N) is 4. The number of halogens is 3. The van der Waals surface area contributed by atoms with Crippen LogP contribution in [0.3, 0.4) is 0 Å². The van der Waals surface area contributed by atoms with E-state index >= 15 is 0 Å². The summed E-state index contributed by atoms with van der Waals surface area (Å²) in [5.41, 5.74) is 0.330. The Balaban J connectivity index is 0.00000264. The Morgan fingerprint density at radius 2 is 2.09 bits per heavy atom. The third-order valence-corrected chi connectivity index (χ3v) is 3.14. The molecular formula is C14H19F2IN6. The average molecular weight is 436 g/mol. The maximum atomic E-state index is 13.5. The Morgan fingerprint density at radius 3 is 2.74 bits per heavy atom. The summed E-state index contributed by atoms with van der Waals surface area (Å²) >= 11 is 0. The van der Waals surface area contributed by atoms with Crippen LogP contribution < -0.4 is 10.6 Å². The molecule has 0 amide bonds. The Morgan fingerprint density at radius 1 is 1.30 bits per heavy atom. The first-order valence-corrected chi connectivity index (χ1v) is 6.81. The van der Waals surface area contributed by atoms with Gasteiger partial charge in [0.05, 0.1) is 6.54 Å². The number of benzene rings is 1. The van der Waals surface area contributed by atoms with Crippen LogP contribution in [0.15, 0.2) is 29.5 Å². The quantitative estimate of drug-likeness (QED) is 0.425. The monoisotopic (exact) mass is 436 g/mol. The van der Waals surface area contributed by atoms with Gasteiger partial charge in [0.15, 0.2) is 5.96 Å². The summed E-state index contributed by atoms with van der Waals surface area (Å²) in [4.78, 5) is 8.14. The highest BCUT2D eigenvalue weighted by molar-refractivity contribution is 14.0. The van der Waals surface area contributed by atoms with E-state index in [-0.39, 0.29) is 24.0 Å². The summed E-state index contributed by atoms with van der Waals surface area (Å²) in [6, 6.07) is 3.44. The smallest absolute Gasteiger partial charge is 0.191 e. The fourth-order valence-electron chi connectivity index (χ4n) is 1.91. The zero-order valence-electron chi connectivity index (χ0n) is 12.9. The van der Waals surface area contributed by atoms with Crippen molar-refractivity contribution >= 4 is 29.9 Å². The fraction of sp³-hybridized carbons (Fsp3) is 0.357. The molecule has 0 aliphatic heterocycles. The highest BCUT2D eigenvalue weighted by atomic mass is 127. The van der Waals surface area contributed by atoms with Gasteiger partial charge in [-0.05, 0) is 30.2 Å². The molecule has 1 aromatic carbocycles. The normalized spacial score (nSPS) is 11.0. The first kappa shape index (κ1) is 19.3. The van der Waals surface area contributed by atoms with Gasteiger partial charge in [-0.15, -0.1) is 24.0 Å². The van der Waals surface area contributed by atoms with Crippen molar-refractivity contribution in [2.45, 2.75) is 13.0 Å². The second kappa shape index (κ2) is 9.38. The van der Waals surface area contributed by atoms with E-state index in [0.29, 0.717) is 31.0 Å². The molecule has 0 aliphatic rings. The van der Waals surface area contributed by atoms with Crippen molar-refractivity contribution in [3.8, 4) is 0 Å². The van der Waals surface area contributed by atoms with Crippen LogP contribution in [0.25, 0.3) is 0 Å². The van der Waals surface area contributed by atoms with Gasteiger partial charge in [-0.25, -0.2) is 13.8 Å². The van der Waals surface area contributed by atoms with E-state index in [2.05, 4.69) is 25.7 Å². The molecular weight excluding hydrogens is 417 g/mol. The van der Waals surface area contributed by atoms with E-state index < -0.39 is 11.6 Å². The molecule has 0 saturated carbocycles. The van der Waals surface area contributed by atoms with Gasteiger partial charge in [0, 0.05) is 20.6 Å². The molecule has 2 N–H and O–H groups in total. The van der Waals surface area contributed by atoms with E-state index in [1.807, 2.05) is 0 Å². The van der Waals surface area contributed by atoms with Gasteiger partial charge in [-0.2, -0.15) is 5.10 Å². The number of aryl methyl sites for hydroxylation is 1. The van der Waals surface area contributed by atoms with Crippen molar-refractivity contribution in [3.63, 3.8) is 0 Å².